The molecule has 0 radical (unpaired) electrons. The van der Waals surface area contributed by atoms with Crippen LogP contribution in [0.4, 0.5) is 0 Å². The number of hydrogen-bond donors (Lipinski definition) is 9. The van der Waals surface area contributed by atoms with Gasteiger partial charge in [0.1, 0.15) is 24.2 Å². The average Bonchev–Trinajstić information content (AvgIpc) is 3.81. The second-order valence-corrected chi connectivity index (χ2v) is 13.0. The van der Waals surface area contributed by atoms with Crippen LogP contribution in [0.1, 0.15) is 36.6 Å². The van der Waals surface area contributed by atoms with E-state index in [0.29, 0.717) is 5.69 Å². The fourth-order valence-corrected chi connectivity index (χ4v) is 6.21. The van der Waals surface area contributed by atoms with Crippen molar-refractivity contribution in [3.8, 4) is 0 Å². The van der Waals surface area contributed by atoms with E-state index in [1.807, 2.05) is 66.7 Å². The Morgan fingerprint density at radius 2 is 1.41 bits per heavy atom. The number of hydrogen-bond acceptors (Lipinski definition) is 7. The maximum absolute atomic E-state index is 14.2. The molecular formula is C38H45N11O5. The standard InChI is InChI=1S/C38H45N11O5/c1-22(50)46-33(18-27-20-42-21-45-27)37(54)49-32(16-23-12-13-24-7-2-3-8-25(24)15-23)36(53)47-30(11-6-14-43-38(40)41)35(52)48-31(34(39)51)17-26-19-44-29-10-5-4-9-28(26)29/h2-5,7-10,12-13,15,19-21,30-33,44H,6,11,14,16-18H2,1H3,(H2,39,51)(H,42,45)(H,46,50)(H,47,53)(H,48,52)(H,49,54)(H4,40,41,43)/t30-,31-,32-,33+/m0/s1. The highest BCUT2D eigenvalue weighted by molar-refractivity contribution is 5.96. The van der Waals surface area contributed by atoms with Crippen molar-refractivity contribution < 1.29 is 24.0 Å². The average molecular weight is 736 g/mol. The number of imidazole rings is 1. The van der Waals surface area contributed by atoms with Gasteiger partial charge in [0.25, 0.3) is 0 Å². The van der Waals surface area contributed by atoms with Crippen LogP contribution < -0.4 is 38.5 Å². The van der Waals surface area contributed by atoms with E-state index in [1.165, 1.54) is 19.4 Å². The number of rotatable bonds is 18. The van der Waals surface area contributed by atoms with Crippen LogP contribution in [0.3, 0.4) is 0 Å². The van der Waals surface area contributed by atoms with Crippen LogP contribution in [0.25, 0.3) is 21.7 Å². The molecule has 0 fully saturated rings. The minimum Gasteiger partial charge on any atom is -0.370 e. The van der Waals surface area contributed by atoms with Gasteiger partial charge < -0.3 is 48.4 Å². The number of fused-ring (bicyclic) bond motifs is 2. The van der Waals surface area contributed by atoms with E-state index in [-0.39, 0.29) is 44.6 Å². The summed E-state index contributed by atoms with van der Waals surface area (Å²) < 4.78 is 0. The van der Waals surface area contributed by atoms with Gasteiger partial charge in [0.15, 0.2) is 5.96 Å². The van der Waals surface area contributed by atoms with E-state index >= 15 is 0 Å². The van der Waals surface area contributed by atoms with Crippen LogP contribution in [0.2, 0.25) is 0 Å². The summed E-state index contributed by atoms with van der Waals surface area (Å²) in [4.78, 5) is 80.7. The van der Waals surface area contributed by atoms with Crippen LogP contribution in [0, 0.1) is 0 Å². The zero-order valence-electron chi connectivity index (χ0n) is 29.8. The lowest BCUT2D eigenvalue weighted by atomic mass is 9.99. The van der Waals surface area contributed by atoms with Crippen molar-refractivity contribution in [2.24, 2.45) is 22.2 Å². The van der Waals surface area contributed by atoms with Gasteiger partial charge in [-0.2, -0.15) is 0 Å². The molecule has 5 aromatic rings. The Labute approximate surface area is 311 Å². The molecule has 0 aliphatic rings. The molecule has 5 rings (SSSR count). The van der Waals surface area contributed by atoms with Crippen LogP contribution in [-0.2, 0) is 43.2 Å². The number of amides is 5. The number of carbonyl (C=O) groups excluding carboxylic acids is 5. The van der Waals surface area contributed by atoms with Crippen molar-refractivity contribution in [2.75, 3.05) is 6.54 Å². The number of guanidine groups is 1. The molecule has 3 aromatic carbocycles. The van der Waals surface area contributed by atoms with Gasteiger partial charge in [0.05, 0.1) is 6.33 Å². The number of benzene rings is 3. The van der Waals surface area contributed by atoms with Gasteiger partial charge in [-0.1, -0.05) is 60.7 Å². The van der Waals surface area contributed by atoms with Crippen LogP contribution in [0.15, 0.2) is 90.4 Å². The number of para-hydroxylation sites is 1. The molecule has 282 valence electrons. The zero-order chi connectivity index (χ0) is 38.6. The summed E-state index contributed by atoms with van der Waals surface area (Å²) in [7, 11) is 0. The van der Waals surface area contributed by atoms with Crippen LogP contribution in [-0.4, -0.2) is 81.2 Å². The highest BCUT2D eigenvalue weighted by Crippen LogP contribution is 2.20. The molecule has 12 N–H and O–H groups in total. The van der Waals surface area contributed by atoms with E-state index in [1.54, 1.807) is 6.20 Å². The normalized spacial score (nSPS) is 13.3. The van der Waals surface area contributed by atoms with E-state index in [4.69, 9.17) is 17.2 Å². The molecule has 0 unspecified atom stereocenters. The summed E-state index contributed by atoms with van der Waals surface area (Å²) in [5, 5.41) is 13.7. The molecular weight excluding hydrogens is 690 g/mol. The first-order valence-electron chi connectivity index (χ1n) is 17.5. The van der Waals surface area contributed by atoms with Crippen molar-refractivity contribution in [2.45, 2.75) is 63.2 Å². The predicted octanol–water partition coefficient (Wildman–Crippen LogP) is 0.570. The Hall–Kier alpha value is -6.71. The molecule has 16 nitrogen and oxygen atoms in total. The second kappa shape index (κ2) is 18.2. The number of nitrogens with zero attached hydrogens (tertiary/aromatic N) is 2. The first-order chi connectivity index (χ1) is 26.0. The highest BCUT2D eigenvalue weighted by atomic mass is 16.2. The number of aromatic nitrogens is 3. The molecule has 2 aromatic heterocycles. The first kappa shape index (κ1) is 38.5. The van der Waals surface area contributed by atoms with Crippen LogP contribution in [0.5, 0.6) is 0 Å². The second-order valence-electron chi connectivity index (χ2n) is 13.0. The van der Waals surface area contributed by atoms with Crippen molar-refractivity contribution in [3.05, 3.63) is 102 Å². The van der Waals surface area contributed by atoms with Crippen molar-refractivity contribution in [1.29, 1.82) is 0 Å². The Morgan fingerprint density at radius 1 is 0.741 bits per heavy atom. The number of aromatic amines is 2. The fraction of sp³-hybridized carbons (Fsp3) is 0.289. The maximum atomic E-state index is 14.2. The summed E-state index contributed by atoms with van der Waals surface area (Å²) in [5.41, 5.74) is 19.7. The minimum absolute atomic E-state index is 0.0477. The van der Waals surface area contributed by atoms with Gasteiger partial charge in [-0.25, -0.2) is 4.98 Å². The molecule has 0 saturated carbocycles. The molecule has 54 heavy (non-hydrogen) atoms. The van der Waals surface area contributed by atoms with Gasteiger partial charge in [0, 0.05) is 61.7 Å². The third-order valence-electron chi connectivity index (χ3n) is 8.90. The Kier molecular flexibility index (Phi) is 13.0. The first-order valence-corrected chi connectivity index (χ1v) is 17.5. The van der Waals surface area contributed by atoms with E-state index in [0.717, 1.165) is 32.8 Å². The SMILES string of the molecule is CC(=O)N[C@H](Cc1cnc[nH]1)C(=O)N[C@@H](Cc1ccc2ccccc2c1)C(=O)N[C@@H](CCCN=C(N)N)C(=O)N[C@@H](Cc1c[nH]c2ccccc12)C(N)=O. The Morgan fingerprint density at radius 3 is 2.11 bits per heavy atom. The lowest BCUT2D eigenvalue weighted by Gasteiger charge is -2.26. The van der Waals surface area contributed by atoms with E-state index in [9.17, 15) is 24.0 Å². The third-order valence-corrected chi connectivity index (χ3v) is 8.90. The molecule has 0 aliphatic heterocycles. The van der Waals surface area contributed by atoms with Gasteiger partial charge >= 0.3 is 0 Å². The number of carbonyl (C=O) groups is 5. The molecule has 5 amide bonds. The quantitative estimate of drug-likeness (QED) is 0.0348. The van der Waals surface area contributed by atoms with Gasteiger partial charge in [0.2, 0.25) is 29.5 Å². The van der Waals surface area contributed by atoms with Gasteiger partial charge in [-0.3, -0.25) is 29.0 Å². The Bertz CT molecular complexity index is 2120. The fourth-order valence-electron chi connectivity index (χ4n) is 6.21. The molecule has 2 heterocycles. The summed E-state index contributed by atoms with van der Waals surface area (Å²) >= 11 is 0. The largest absolute Gasteiger partial charge is 0.370 e. The summed E-state index contributed by atoms with van der Waals surface area (Å²) in [6.45, 7) is 1.45. The molecule has 0 saturated heterocycles. The van der Waals surface area contributed by atoms with Crippen molar-refractivity contribution >= 4 is 57.2 Å². The number of nitrogens with two attached hydrogens (primary N) is 3. The molecule has 0 bridgehead atoms. The molecule has 4 atom stereocenters. The number of H-pyrrole nitrogens is 2. The smallest absolute Gasteiger partial charge is 0.243 e. The van der Waals surface area contributed by atoms with Crippen molar-refractivity contribution in [3.63, 3.8) is 0 Å². The lowest BCUT2D eigenvalue weighted by Crippen LogP contribution is -2.59. The third kappa shape index (κ3) is 10.7. The Balaban J connectivity index is 1.40. The number of primary amides is 1. The zero-order valence-corrected chi connectivity index (χ0v) is 29.8. The van der Waals surface area contributed by atoms with E-state index in [2.05, 4.69) is 41.2 Å². The molecule has 0 aliphatic carbocycles. The monoisotopic (exact) mass is 735 g/mol. The van der Waals surface area contributed by atoms with Crippen molar-refractivity contribution in [1.82, 2.24) is 36.2 Å². The van der Waals surface area contributed by atoms with Gasteiger partial charge in [-0.05, 0) is 40.8 Å². The van der Waals surface area contributed by atoms with E-state index < -0.39 is 53.7 Å². The predicted molar refractivity (Wildman–Crippen MR) is 204 cm³/mol. The topological polar surface area (TPSA) is 268 Å². The lowest BCUT2D eigenvalue weighted by molar-refractivity contribution is -0.134. The van der Waals surface area contributed by atoms with Crippen LogP contribution >= 0.6 is 0 Å². The molecule has 0 spiro atoms. The summed E-state index contributed by atoms with van der Waals surface area (Å²) in [6.07, 6.45) is 5.33. The highest BCUT2D eigenvalue weighted by Gasteiger charge is 2.31. The number of nitrogens with one attached hydrogen (secondary N) is 6. The summed E-state index contributed by atoms with van der Waals surface area (Å²) in [6, 6.07) is 16.4. The summed E-state index contributed by atoms with van der Waals surface area (Å²) in [5.74, 6) is -3.30. The van der Waals surface area contributed by atoms with Gasteiger partial charge in [-0.15, -0.1) is 0 Å². The number of aliphatic imine (C=N–C) groups is 1. The molecule has 16 heteroatoms. The maximum Gasteiger partial charge on any atom is 0.243 e. The minimum atomic E-state index is -1.19.